The molecule has 2 N–H and O–H groups in total. The van der Waals surface area contributed by atoms with Crippen molar-refractivity contribution >= 4 is 11.6 Å². The van der Waals surface area contributed by atoms with E-state index >= 15 is 0 Å². The minimum Gasteiger partial charge on any atom is -0.373 e. The van der Waals surface area contributed by atoms with Gasteiger partial charge in [0.2, 0.25) is 5.91 Å². The van der Waals surface area contributed by atoms with Gasteiger partial charge in [-0.15, -0.1) is 0 Å². The summed E-state index contributed by atoms with van der Waals surface area (Å²) in [5.74, 6) is 2.83. The Morgan fingerprint density at radius 3 is 3.09 bits per heavy atom. The topological polar surface area (TPSA) is 41.1 Å². The Morgan fingerprint density at radius 2 is 2.22 bits per heavy atom. The summed E-state index contributed by atoms with van der Waals surface area (Å²) < 4.78 is 0. The summed E-state index contributed by atoms with van der Waals surface area (Å²) in [7, 11) is 0. The highest BCUT2D eigenvalue weighted by atomic mass is 16.2. The van der Waals surface area contributed by atoms with Crippen molar-refractivity contribution in [2.45, 2.75) is 57.5 Å². The fraction of sp³-hybridized carbons (Fsp3) is 0.650. The van der Waals surface area contributed by atoms with Crippen LogP contribution in [0.3, 0.4) is 0 Å². The van der Waals surface area contributed by atoms with Crippen molar-refractivity contribution in [2.75, 3.05) is 5.32 Å². The molecule has 5 rings (SSSR count). The number of carbonyl (C=O) groups excluding carboxylic acids is 1. The van der Waals surface area contributed by atoms with E-state index in [4.69, 9.17) is 0 Å². The number of nitrogens with one attached hydrogen (secondary N) is 2. The molecule has 1 aromatic rings. The van der Waals surface area contributed by atoms with Gasteiger partial charge in [-0.1, -0.05) is 31.5 Å². The molecule has 0 saturated heterocycles. The maximum atomic E-state index is 12.7. The number of amides is 1. The van der Waals surface area contributed by atoms with Crippen molar-refractivity contribution in [3.63, 3.8) is 0 Å². The van der Waals surface area contributed by atoms with E-state index in [-0.39, 0.29) is 11.9 Å². The van der Waals surface area contributed by atoms with Crippen molar-refractivity contribution in [3.8, 4) is 0 Å². The van der Waals surface area contributed by atoms with Crippen molar-refractivity contribution in [1.29, 1.82) is 0 Å². The molecule has 3 saturated carbocycles. The van der Waals surface area contributed by atoms with Gasteiger partial charge in [0.05, 0.1) is 0 Å². The van der Waals surface area contributed by atoms with E-state index in [1.165, 1.54) is 31.2 Å². The molecule has 4 aliphatic rings. The summed E-state index contributed by atoms with van der Waals surface area (Å²) in [6, 6.07) is 8.79. The number of hydrogen-bond donors (Lipinski definition) is 2. The monoisotopic (exact) mass is 310 g/mol. The summed E-state index contributed by atoms with van der Waals surface area (Å²) in [5, 5.41) is 6.87. The van der Waals surface area contributed by atoms with Crippen molar-refractivity contribution in [3.05, 3.63) is 29.8 Å². The molecule has 3 nitrogen and oxygen atoms in total. The third-order valence-corrected chi connectivity index (χ3v) is 7.21. The minimum absolute atomic E-state index is 0.0527. The summed E-state index contributed by atoms with van der Waals surface area (Å²) in [6.45, 7) is 2.32. The molecule has 3 heteroatoms. The van der Waals surface area contributed by atoms with E-state index in [9.17, 15) is 4.79 Å². The zero-order valence-corrected chi connectivity index (χ0v) is 13.8. The normalized spacial score (nSPS) is 42.6. The molecular formula is C20H26N2O. The maximum absolute atomic E-state index is 12.7. The molecule has 6 unspecified atom stereocenters. The maximum Gasteiger partial charge on any atom is 0.242 e. The van der Waals surface area contributed by atoms with Crippen LogP contribution >= 0.6 is 0 Å². The molecule has 0 aromatic heterocycles. The van der Waals surface area contributed by atoms with E-state index < -0.39 is 0 Å². The first kappa shape index (κ1) is 13.9. The number of fused-ring (bicyclic) bond motifs is 1. The summed E-state index contributed by atoms with van der Waals surface area (Å²) >= 11 is 0. The molecule has 3 fully saturated rings. The molecule has 1 spiro atoms. The van der Waals surface area contributed by atoms with Crippen LogP contribution in [0.4, 0.5) is 5.69 Å². The van der Waals surface area contributed by atoms with Crippen LogP contribution in [0, 0.1) is 23.2 Å². The molecule has 0 bridgehead atoms. The number of carbonyl (C=O) groups is 1. The molecule has 23 heavy (non-hydrogen) atoms. The number of hydrogen-bond acceptors (Lipinski definition) is 2. The Hall–Kier alpha value is -1.51. The van der Waals surface area contributed by atoms with Gasteiger partial charge >= 0.3 is 0 Å². The van der Waals surface area contributed by atoms with Gasteiger partial charge < -0.3 is 10.6 Å². The first-order valence-electron chi connectivity index (χ1n) is 9.37. The zero-order chi connectivity index (χ0) is 15.6. The minimum atomic E-state index is -0.0527. The van der Waals surface area contributed by atoms with Gasteiger partial charge in [0, 0.05) is 11.7 Å². The quantitative estimate of drug-likeness (QED) is 0.899. The lowest BCUT2D eigenvalue weighted by atomic mass is 9.88. The van der Waals surface area contributed by atoms with Gasteiger partial charge in [-0.3, -0.25) is 4.79 Å². The van der Waals surface area contributed by atoms with Crippen molar-refractivity contribution < 1.29 is 4.79 Å². The van der Waals surface area contributed by atoms with Gasteiger partial charge in [-0.05, 0) is 66.9 Å². The number of benzene rings is 1. The highest BCUT2D eigenvalue weighted by Crippen LogP contribution is 2.80. The Morgan fingerprint density at radius 1 is 1.35 bits per heavy atom. The predicted octanol–water partition coefficient (Wildman–Crippen LogP) is 3.35. The Labute approximate surface area is 138 Å². The first-order chi connectivity index (χ1) is 11.2. The lowest BCUT2D eigenvalue weighted by Gasteiger charge is -2.26. The van der Waals surface area contributed by atoms with E-state index in [1.807, 2.05) is 6.07 Å². The number of anilines is 1. The molecule has 1 heterocycles. The van der Waals surface area contributed by atoms with Crippen LogP contribution in [-0.2, 0) is 11.2 Å². The van der Waals surface area contributed by atoms with Gasteiger partial charge in [0.25, 0.3) is 0 Å². The van der Waals surface area contributed by atoms with Gasteiger partial charge in [-0.25, -0.2) is 0 Å². The average Bonchev–Trinajstić information content (AvgIpc) is 3.46. The summed E-state index contributed by atoms with van der Waals surface area (Å²) in [6.07, 6.45) is 7.35. The molecule has 1 aromatic carbocycles. The molecule has 122 valence electrons. The lowest BCUT2D eigenvalue weighted by Crippen LogP contribution is -2.43. The van der Waals surface area contributed by atoms with Crippen LogP contribution < -0.4 is 10.6 Å². The van der Waals surface area contributed by atoms with Crippen LogP contribution in [0.15, 0.2) is 24.3 Å². The Bertz CT molecular complexity index is 657. The molecule has 6 atom stereocenters. The SMILES string of the molecule is CCC1CC2CC23C(C1)C3NC(=O)C1CCc2ccccc2N1. The largest absolute Gasteiger partial charge is 0.373 e. The van der Waals surface area contributed by atoms with Crippen LogP contribution in [0.25, 0.3) is 0 Å². The number of para-hydroxylation sites is 1. The Kier molecular flexibility index (Phi) is 2.87. The van der Waals surface area contributed by atoms with Gasteiger partial charge in [0.15, 0.2) is 0 Å². The number of rotatable bonds is 3. The van der Waals surface area contributed by atoms with E-state index in [0.717, 1.165) is 36.3 Å². The number of aryl methyl sites for hydroxylation is 1. The first-order valence-corrected chi connectivity index (χ1v) is 9.37. The van der Waals surface area contributed by atoms with Gasteiger partial charge in [0.1, 0.15) is 6.04 Å². The van der Waals surface area contributed by atoms with Crippen LogP contribution in [0.5, 0.6) is 0 Å². The van der Waals surface area contributed by atoms with E-state index in [2.05, 4.69) is 35.8 Å². The molecule has 1 amide bonds. The zero-order valence-electron chi connectivity index (χ0n) is 13.8. The second-order valence-electron chi connectivity index (χ2n) is 8.24. The average molecular weight is 310 g/mol. The summed E-state index contributed by atoms with van der Waals surface area (Å²) in [5.41, 5.74) is 3.01. The molecule has 1 aliphatic heterocycles. The standard InChI is InChI=1S/C20H26N2O/c1-2-12-9-14-11-20(14)15(10-12)18(20)22-19(23)17-8-7-13-5-3-4-6-16(13)21-17/h3-6,12,14-15,17-18,21H,2,7-11H2,1H3,(H,22,23). The van der Waals surface area contributed by atoms with Crippen LogP contribution in [-0.4, -0.2) is 18.0 Å². The molecular weight excluding hydrogens is 284 g/mol. The molecule has 3 aliphatic carbocycles. The van der Waals surface area contributed by atoms with Crippen LogP contribution in [0.1, 0.15) is 44.6 Å². The highest BCUT2D eigenvalue weighted by molar-refractivity contribution is 5.86. The second-order valence-corrected chi connectivity index (χ2v) is 8.24. The second kappa shape index (κ2) is 4.75. The Balaban J connectivity index is 1.24. The van der Waals surface area contributed by atoms with Crippen LogP contribution in [0.2, 0.25) is 0 Å². The lowest BCUT2D eigenvalue weighted by molar-refractivity contribution is -0.122. The molecule has 0 radical (unpaired) electrons. The third kappa shape index (κ3) is 1.98. The van der Waals surface area contributed by atoms with Crippen molar-refractivity contribution in [1.82, 2.24) is 5.32 Å². The highest BCUT2D eigenvalue weighted by Gasteiger charge is 2.79. The van der Waals surface area contributed by atoms with E-state index in [0.29, 0.717) is 11.5 Å². The van der Waals surface area contributed by atoms with E-state index in [1.54, 1.807) is 0 Å². The van der Waals surface area contributed by atoms with Crippen molar-refractivity contribution in [2.24, 2.45) is 23.2 Å². The smallest absolute Gasteiger partial charge is 0.242 e. The fourth-order valence-corrected chi connectivity index (χ4v) is 5.72. The third-order valence-electron chi connectivity index (χ3n) is 7.21. The van der Waals surface area contributed by atoms with Gasteiger partial charge in [-0.2, -0.15) is 0 Å². The fourth-order valence-electron chi connectivity index (χ4n) is 5.72. The summed E-state index contributed by atoms with van der Waals surface area (Å²) in [4.78, 5) is 12.7. The predicted molar refractivity (Wildman–Crippen MR) is 91.1 cm³/mol.